The van der Waals surface area contributed by atoms with E-state index in [2.05, 4.69) is 71.7 Å². The fourth-order valence-electron chi connectivity index (χ4n) is 2.35. The van der Waals surface area contributed by atoms with Crippen LogP contribution >= 0.6 is 0 Å². The predicted molar refractivity (Wildman–Crippen MR) is 95.7 cm³/mol. The van der Waals surface area contributed by atoms with Gasteiger partial charge in [-0.05, 0) is 50.6 Å². The molecule has 1 aromatic heterocycles. The summed E-state index contributed by atoms with van der Waals surface area (Å²) in [5, 5.41) is 6.56. The van der Waals surface area contributed by atoms with E-state index < -0.39 is 0 Å². The van der Waals surface area contributed by atoms with Gasteiger partial charge in [-0.2, -0.15) is 4.98 Å². The van der Waals surface area contributed by atoms with Crippen LogP contribution in [0.15, 0.2) is 54.7 Å². The standard InChI is InChI=1S/C19H20N4/c1-13-4-7-16(8-5-13)21-19-20-11-10-18(23-19)22-17-9-6-14(2)12-15(17)3/h4-12H,1-3H3,(H2,20,21,22,23). The van der Waals surface area contributed by atoms with Crippen molar-refractivity contribution in [3.05, 3.63) is 71.4 Å². The molecule has 0 radical (unpaired) electrons. The van der Waals surface area contributed by atoms with Crippen molar-refractivity contribution in [3.8, 4) is 0 Å². The Morgan fingerprint density at radius 2 is 1.52 bits per heavy atom. The van der Waals surface area contributed by atoms with Gasteiger partial charge in [0, 0.05) is 17.6 Å². The van der Waals surface area contributed by atoms with Gasteiger partial charge in [-0.3, -0.25) is 0 Å². The lowest BCUT2D eigenvalue weighted by atomic mass is 10.1. The summed E-state index contributed by atoms with van der Waals surface area (Å²) in [5.74, 6) is 1.34. The average molecular weight is 304 g/mol. The Hall–Kier alpha value is -2.88. The monoisotopic (exact) mass is 304 g/mol. The first kappa shape index (κ1) is 15.0. The van der Waals surface area contributed by atoms with E-state index in [0.717, 1.165) is 17.2 Å². The van der Waals surface area contributed by atoms with Crippen LogP contribution < -0.4 is 10.6 Å². The number of anilines is 4. The molecule has 0 unspecified atom stereocenters. The molecular weight excluding hydrogens is 284 g/mol. The van der Waals surface area contributed by atoms with Gasteiger partial charge in [-0.1, -0.05) is 35.4 Å². The van der Waals surface area contributed by atoms with Gasteiger partial charge in [-0.25, -0.2) is 4.98 Å². The highest BCUT2D eigenvalue weighted by atomic mass is 15.1. The van der Waals surface area contributed by atoms with Crippen molar-refractivity contribution in [1.82, 2.24) is 9.97 Å². The van der Waals surface area contributed by atoms with E-state index in [4.69, 9.17) is 0 Å². The fraction of sp³-hybridized carbons (Fsp3) is 0.158. The van der Waals surface area contributed by atoms with E-state index in [1.807, 2.05) is 18.2 Å². The molecular formula is C19H20N4. The van der Waals surface area contributed by atoms with Crippen molar-refractivity contribution in [2.45, 2.75) is 20.8 Å². The molecule has 0 fully saturated rings. The number of rotatable bonds is 4. The summed E-state index contributed by atoms with van der Waals surface area (Å²) < 4.78 is 0. The van der Waals surface area contributed by atoms with Crippen molar-refractivity contribution >= 4 is 23.1 Å². The molecule has 0 bridgehead atoms. The molecule has 4 heteroatoms. The number of hydrogen-bond acceptors (Lipinski definition) is 4. The third kappa shape index (κ3) is 3.86. The van der Waals surface area contributed by atoms with Gasteiger partial charge in [0.15, 0.2) is 0 Å². The maximum atomic E-state index is 4.52. The van der Waals surface area contributed by atoms with E-state index in [1.165, 1.54) is 16.7 Å². The Morgan fingerprint density at radius 1 is 0.783 bits per heavy atom. The van der Waals surface area contributed by atoms with Gasteiger partial charge in [0.2, 0.25) is 5.95 Å². The maximum Gasteiger partial charge on any atom is 0.229 e. The van der Waals surface area contributed by atoms with Crippen LogP contribution in [0, 0.1) is 20.8 Å². The molecule has 0 saturated carbocycles. The second-order valence-electron chi connectivity index (χ2n) is 5.70. The summed E-state index contributed by atoms with van der Waals surface area (Å²) in [6.45, 7) is 6.24. The lowest BCUT2D eigenvalue weighted by Gasteiger charge is -2.11. The van der Waals surface area contributed by atoms with Crippen LogP contribution in [-0.2, 0) is 0 Å². The first-order chi connectivity index (χ1) is 11.1. The van der Waals surface area contributed by atoms with Crippen molar-refractivity contribution in [1.29, 1.82) is 0 Å². The molecule has 3 aromatic rings. The van der Waals surface area contributed by atoms with Crippen molar-refractivity contribution in [3.63, 3.8) is 0 Å². The van der Waals surface area contributed by atoms with Gasteiger partial charge >= 0.3 is 0 Å². The minimum Gasteiger partial charge on any atom is -0.340 e. The highest BCUT2D eigenvalue weighted by Crippen LogP contribution is 2.21. The summed E-state index contributed by atoms with van der Waals surface area (Å²) >= 11 is 0. The van der Waals surface area contributed by atoms with E-state index in [0.29, 0.717) is 5.95 Å². The van der Waals surface area contributed by atoms with Crippen LogP contribution in [0.2, 0.25) is 0 Å². The molecule has 2 aromatic carbocycles. The first-order valence-electron chi connectivity index (χ1n) is 7.61. The van der Waals surface area contributed by atoms with Crippen molar-refractivity contribution < 1.29 is 0 Å². The zero-order valence-electron chi connectivity index (χ0n) is 13.6. The normalized spacial score (nSPS) is 10.4. The molecule has 0 amide bonds. The smallest absolute Gasteiger partial charge is 0.229 e. The third-order valence-corrected chi connectivity index (χ3v) is 3.61. The zero-order valence-corrected chi connectivity index (χ0v) is 13.6. The molecule has 3 rings (SSSR count). The molecule has 0 aliphatic heterocycles. The topological polar surface area (TPSA) is 49.8 Å². The molecule has 0 saturated heterocycles. The van der Waals surface area contributed by atoms with Crippen LogP contribution in [0.25, 0.3) is 0 Å². The van der Waals surface area contributed by atoms with Crippen LogP contribution in [0.4, 0.5) is 23.1 Å². The van der Waals surface area contributed by atoms with Crippen LogP contribution in [-0.4, -0.2) is 9.97 Å². The third-order valence-electron chi connectivity index (χ3n) is 3.61. The number of aromatic nitrogens is 2. The summed E-state index contributed by atoms with van der Waals surface area (Å²) in [6.07, 6.45) is 1.75. The van der Waals surface area contributed by atoms with Gasteiger partial charge in [0.05, 0.1) is 0 Å². The Bertz CT molecular complexity index is 810. The Kier molecular flexibility index (Phi) is 4.24. The molecule has 0 atom stereocenters. The largest absolute Gasteiger partial charge is 0.340 e. The minimum atomic E-state index is 0.573. The first-order valence-corrected chi connectivity index (χ1v) is 7.61. The van der Waals surface area contributed by atoms with Gasteiger partial charge < -0.3 is 10.6 Å². The van der Waals surface area contributed by atoms with Crippen LogP contribution in [0.3, 0.4) is 0 Å². The average Bonchev–Trinajstić information content (AvgIpc) is 2.53. The van der Waals surface area contributed by atoms with Gasteiger partial charge in [0.1, 0.15) is 5.82 Å². The van der Waals surface area contributed by atoms with Gasteiger partial charge in [0.25, 0.3) is 0 Å². The van der Waals surface area contributed by atoms with E-state index in [1.54, 1.807) is 6.20 Å². The lowest BCUT2D eigenvalue weighted by molar-refractivity contribution is 1.16. The molecule has 0 spiro atoms. The van der Waals surface area contributed by atoms with Crippen molar-refractivity contribution in [2.24, 2.45) is 0 Å². The van der Waals surface area contributed by atoms with Crippen LogP contribution in [0.5, 0.6) is 0 Å². The molecule has 0 aliphatic rings. The molecule has 23 heavy (non-hydrogen) atoms. The fourth-order valence-corrected chi connectivity index (χ4v) is 2.35. The molecule has 116 valence electrons. The summed E-state index contributed by atoms with van der Waals surface area (Å²) in [6, 6.07) is 16.3. The summed E-state index contributed by atoms with van der Waals surface area (Å²) in [4.78, 5) is 8.79. The van der Waals surface area contributed by atoms with Crippen molar-refractivity contribution in [2.75, 3.05) is 10.6 Å². The SMILES string of the molecule is Cc1ccc(Nc2nccc(Nc3ccc(C)cc3C)n2)cc1. The maximum absolute atomic E-state index is 4.52. The number of nitrogens with zero attached hydrogens (tertiary/aromatic N) is 2. The second-order valence-corrected chi connectivity index (χ2v) is 5.70. The number of benzene rings is 2. The molecule has 4 nitrogen and oxygen atoms in total. The molecule has 1 heterocycles. The second kappa shape index (κ2) is 6.48. The number of nitrogens with one attached hydrogen (secondary N) is 2. The predicted octanol–water partition coefficient (Wildman–Crippen LogP) is 4.89. The number of hydrogen-bond donors (Lipinski definition) is 2. The minimum absolute atomic E-state index is 0.573. The van der Waals surface area contributed by atoms with E-state index in [9.17, 15) is 0 Å². The Morgan fingerprint density at radius 3 is 2.26 bits per heavy atom. The van der Waals surface area contributed by atoms with Gasteiger partial charge in [-0.15, -0.1) is 0 Å². The summed E-state index contributed by atoms with van der Waals surface area (Å²) in [5.41, 5.74) is 5.69. The van der Waals surface area contributed by atoms with E-state index in [-0.39, 0.29) is 0 Å². The summed E-state index contributed by atoms with van der Waals surface area (Å²) in [7, 11) is 0. The Balaban J connectivity index is 1.78. The zero-order chi connectivity index (χ0) is 16.2. The van der Waals surface area contributed by atoms with Crippen LogP contribution in [0.1, 0.15) is 16.7 Å². The number of aryl methyl sites for hydroxylation is 3. The molecule has 0 aliphatic carbocycles. The highest BCUT2D eigenvalue weighted by Gasteiger charge is 2.03. The molecule has 2 N–H and O–H groups in total. The Labute approximate surface area is 136 Å². The van der Waals surface area contributed by atoms with E-state index >= 15 is 0 Å². The lowest BCUT2D eigenvalue weighted by Crippen LogP contribution is -2.01. The quantitative estimate of drug-likeness (QED) is 0.720. The highest BCUT2D eigenvalue weighted by molar-refractivity contribution is 5.62.